The van der Waals surface area contributed by atoms with E-state index in [-0.39, 0.29) is 5.95 Å². The zero-order chi connectivity index (χ0) is 14.1. The van der Waals surface area contributed by atoms with Gasteiger partial charge in [-0.15, -0.1) is 0 Å². The highest BCUT2D eigenvalue weighted by atomic mass is 79.9. The van der Waals surface area contributed by atoms with Crippen molar-refractivity contribution < 1.29 is 4.74 Å². The van der Waals surface area contributed by atoms with Crippen molar-refractivity contribution in [1.29, 1.82) is 0 Å². The summed E-state index contributed by atoms with van der Waals surface area (Å²) in [5.74, 6) is 1.88. The molecule has 0 bridgehead atoms. The first-order valence-corrected chi connectivity index (χ1v) is 7.68. The summed E-state index contributed by atoms with van der Waals surface area (Å²) in [6.45, 7) is 1.35. The monoisotopic (exact) mass is 398 g/mol. The molecule has 0 fully saturated rings. The highest BCUT2D eigenvalue weighted by molar-refractivity contribution is 9.10. The molecule has 1 aromatic carbocycles. The average molecular weight is 400 g/mol. The SMILES string of the molecule is Nc1ncc(Br)c(NCc2cc(Br)cc3c2OCC3)n1. The Balaban J connectivity index is 1.84. The van der Waals surface area contributed by atoms with Gasteiger partial charge in [0.05, 0.1) is 11.1 Å². The molecule has 0 unspecified atom stereocenters. The van der Waals surface area contributed by atoms with E-state index in [1.54, 1.807) is 6.20 Å². The van der Waals surface area contributed by atoms with E-state index in [2.05, 4.69) is 59.3 Å². The Bertz CT molecular complexity index is 663. The summed E-state index contributed by atoms with van der Waals surface area (Å²) in [6.07, 6.45) is 2.58. The van der Waals surface area contributed by atoms with Gasteiger partial charge in [0, 0.05) is 29.2 Å². The lowest BCUT2D eigenvalue weighted by molar-refractivity contribution is 0.354. The van der Waals surface area contributed by atoms with Gasteiger partial charge in [-0.25, -0.2) is 4.98 Å². The van der Waals surface area contributed by atoms with Crippen LogP contribution in [0.1, 0.15) is 11.1 Å². The fraction of sp³-hybridized carbons (Fsp3) is 0.231. The molecule has 0 saturated carbocycles. The number of nitrogens with two attached hydrogens (primary N) is 1. The lowest BCUT2D eigenvalue weighted by Crippen LogP contribution is -2.06. The van der Waals surface area contributed by atoms with Gasteiger partial charge in [-0.3, -0.25) is 0 Å². The van der Waals surface area contributed by atoms with Crippen LogP contribution in [-0.2, 0) is 13.0 Å². The molecular formula is C13H12Br2N4O. The van der Waals surface area contributed by atoms with Crippen LogP contribution in [0.2, 0.25) is 0 Å². The molecule has 1 aromatic heterocycles. The minimum atomic E-state index is 0.242. The van der Waals surface area contributed by atoms with Crippen molar-refractivity contribution in [3.63, 3.8) is 0 Å². The third-order valence-corrected chi connectivity index (χ3v) is 4.07. The molecule has 2 heterocycles. The second-order valence-electron chi connectivity index (χ2n) is 4.43. The molecule has 1 aliphatic heterocycles. The van der Waals surface area contributed by atoms with Crippen LogP contribution in [0.3, 0.4) is 0 Å². The van der Waals surface area contributed by atoms with Gasteiger partial charge in [0.15, 0.2) is 0 Å². The molecule has 20 heavy (non-hydrogen) atoms. The van der Waals surface area contributed by atoms with E-state index in [4.69, 9.17) is 10.5 Å². The molecule has 3 rings (SSSR count). The van der Waals surface area contributed by atoms with Crippen molar-refractivity contribution in [2.24, 2.45) is 0 Å². The number of nitrogen functional groups attached to an aromatic ring is 1. The van der Waals surface area contributed by atoms with Crippen molar-refractivity contribution in [2.45, 2.75) is 13.0 Å². The van der Waals surface area contributed by atoms with Gasteiger partial charge >= 0.3 is 0 Å². The van der Waals surface area contributed by atoms with Crippen molar-refractivity contribution in [2.75, 3.05) is 17.7 Å². The summed E-state index contributed by atoms with van der Waals surface area (Å²) in [4.78, 5) is 8.07. The lowest BCUT2D eigenvalue weighted by atomic mass is 10.1. The maximum absolute atomic E-state index is 5.70. The Morgan fingerprint density at radius 3 is 3.05 bits per heavy atom. The minimum Gasteiger partial charge on any atom is -0.493 e. The number of hydrogen-bond donors (Lipinski definition) is 2. The Morgan fingerprint density at radius 2 is 2.20 bits per heavy atom. The predicted octanol–water partition coefficient (Wildman–Crippen LogP) is 3.13. The van der Waals surface area contributed by atoms with Crippen LogP contribution in [-0.4, -0.2) is 16.6 Å². The molecular weight excluding hydrogens is 388 g/mol. The Morgan fingerprint density at radius 1 is 1.35 bits per heavy atom. The van der Waals surface area contributed by atoms with Crippen LogP contribution in [0.15, 0.2) is 27.3 Å². The first kappa shape index (κ1) is 13.6. The van der Waals surface area contributed by atoms with Crippen LogP contribution in [0.25, 0.3) is 0 Å². The molecule has 0 saturated heterocycles. The molecule has 5 nitrogen and oxygen atoms in total. The minimum absolute atomic E-state index is 0.242. The maximum atomic E-state index is 5.70. The number of fused-ring (bicyclic) bond motifs is 1. The van der Waals surface area contributed by atoms with Gasteiger partial charge in [-0.2, -0.15) is 4.98 Å². The zero-order valence-corrected chi connectivity index (χ0v) is 13.7. The molecule has 0 spiro atoms. The Labute approximate surface area is 133 Å². The van der Waals surface area contributed by atoms with Crippen molar-refractivity contribution in [3.05, 3.63) is 38.4 Å². The second-order valence-corrected chi connectivity index (χ2v) is 6.20. The average Bonchev–Trinajstić information content (AvgIpc) is 2.87. The number of benzene rings is 1. The highest BCUT2D eigenvalue weighted by Crippen LogP contribution is 2.33. The number of nitrogens with one attached hydrogen (secondary N) is 1. The number of hydrogen-bond acceptors (Lipinski definition) is 5. The van der Waals surface area contributed by atoms with Gasteiger partial charge in [0.1, 0.15) is 11.6 Å². The number of rotatable bonds is 3. The van der Waals surface area contributed by atoms with E-state index in [1.807, 2.05) is 0 Å². The van der Waals surface area contributed by atoms with Crippen LogP contribution in [0.5, 0.6) is 5.75 Å². The smallest absolute Gasteiger partial charge is 0.221 e. The lowest BCUT2D eigenvalue weighted by Gasteiger charge is -2.11. The fourth-order valence-corrected chi connectivity index (χ4v) is 3.04. The molecule has 0 amide bonds. The summed E-state index contributed by atoms with van der Waals surface area (Å²) in [6, 6.07) is 4.15. The Kier molecular flexibility index (Phi) is 3.80. The summed E-state index contributed by atoms with van der Waals surface area (Å²) in [5, 5.41) is 3.25. The summed E-state index contributed by atoms with van der Waals surface area (Å²) in [5.41, 5.74) is 7.92. The number of anilines is 2. The van der Waals surface area contributed by atoms with Crippen molar-refractivity contribution >= 4 is 43.6 Å². The second kappa shape index (κ2) is 5.57. The first-order valence-electron chi connectivity index (χ1n) is 6.09. The molecule has 0 aliphatic carbocycles. The zero-order valence-electron chi connectivity index (χ0n) is 10.5. The third-order valence-electron chi connectivity index (χ3n) is 3.03. The standard InChI is InChI=1S/C13H12Br2N4O/c14-9-3-7-1-2-20-11(7)8(4-9)5-17-12-10(15)6-18-13(16)19-12/h3-4,6H,1-2,5H2,(H3,16,17,18,19). The van der Waals surface area contributed by atoms with Crippen molar-refractivity contribution in [1.82, 2.24) is 9.97 Å². The third kappa shape index (κ3) is 2.73. The van der Waals surface area contributed by atoms with Crippen molar-refractivity contribution in [3.8, 4) is 5.75 Å². The summed E-state index contributed by atoms with van der Waals surface area (Å²) in [7, 11) is 0. The molecule has 0 radical (unpaired) electrons. The molecule has 7 heteroatoms. The van der Waals surface area contributed by atoms with Gasteiger partial charge < -0.3 is 15.8 Å². The topological polar surface area (TPSA) is 73.1 Å². The normalized spacial score (nSPS) is 12.9. The van der Waals surface area contributed by atoms with E-state index in [0.717, 1.165) is 33.3 Å². The molecule has 3 N–H and O–H groups in total. The number of ether oxygens (including phenoxy) is 1. The van der Waals surface area contributed by atoms with E-state index in [0.29, 0.717) is 12.4 Å². The molecule has 0 atom stereocenters. The van der Waals surface area contributed by atoms with Crippen LogP contribution >= 0.6 is 31.9 Å². The Hall–Kier alpha value is -1.34. The largest absolute Gasteiger partial charge is 0.493 e. The van der Waals surface area contributed by atoms with E-state index < -0.39 is 0 Å². The van der Waals surface area contributed by atoms with E-state index >= 15 is 0 Å². The number of nitrogens with zero attached hydrogens (tertiary/aromatic N) is 2. The fourth-order valence-electron chi connectivity index (χ4n) is 2.16. The first-order chi connectivity index (χ1) is 9.63. The van der Waals surface area contributed by atoms with Crippen LogP contribution in [0, 0.1) is 0 Å². The van der Waals surface area contributed by atoms with Crippen LogP contribution < -0.4 is 15.8 Å². The summed E-state index contributed by atoms with van der Waals surface area (Å²) < 4.78 is 7.53. The predicted molar refractivity (Wildman–Crippen MR) is 84.8 cm³/mol. The van der Waals surface area contributed by atoms with Gasteiger partial charge in [-0.1, -0.05) is 15.9 Å². The maximum Gasteiger partial charge on any atom is 0.221 e. The molecule has 2 aromatic rings. The quantitative estimate of drug-likeness (QED) is 0.829. The number of halogens is 2. The highest BCUT2D eigenvalue weighted by Gasteiger charge is 2.17. The summed E-state index contributed by atoms with van der Waals surface area (Å²) >= 11 is 6.93. The molecule has 1 aliphatic rings. The van der Waals surface area contributed by atoms with E-state index in [9.17, 15) is 0 Å². The number of aromatic nitrogens is 2. The van der Waals surface area contributed by atoms with Gasteiger partial charge in [-0.05, 0) is 33.6 Å². The van der Waals surface area contributed by atoms with Gasteiger partial charge in [0.2, 0.25) is 5.95 Å². The van der Waals surface area contributed by atoms with E-state index in [1.165, 1.54) is 5.56 Å². The van der Waals surface area contributed by atoms with Crippen LogP contribution in [0.4, 0.5) is 11.8 Å². The van der Waals surface area contributed by atoms with Gasteiger partial charge in [0.25, 0.3) is 0 Å². The molecule has 104 valence electrons.